The van der Waals surface area contributed by atoms with Crippen molar-refractivity contribution in [2.75, 3.05) is 7.05 Å². The van der Waals surface area contributed by atoms with Crippen LogP contribution in [0.3, 0.4) is 0 Å². The Balaban J connectivity index is 2.21. The Labute approximate surface area is 134 Å². The first-order chi connectivity index (χ1) is 10.0. The Morgan fingerprint density at radius 2 is 1.67 bits per heavy atom. The molecule has 0 amide bonds. The van der Waals surface area contributed by atoms with Gasteiger partial charge in [-0.15, -0.1) is 0 Å². The Kier molecular flexibility index (Phi) is 5.54. The molecule has 0 spiro atoms. The molecule has 1 unspecified atom stereocenters. The Hall–Kier alpha value is -1.19. The molecule has 0 aliphatic heterocycles. The number of rotatable bonds is 5. The van der Waals surface area contributed by atoms with Gasteiger partial charge in [-0.25, -0.2) is 4.39 Å². The van der Waals surface area contributed by atoms with Gasteiger partial charge in [-0.3, -0.25) is 0 Å². The molecule has 1 atom stereocenters. The quantitative estimate of drug-likeness (QED) is 0.780. The van der Waals surface area contributed by atoms with E-state index in [1.165, 1.54) is 17.2 Å². The molecule has 0 saturated carbocycles. The highest BCUT2D eigenvalue weighted by molar-refractivity contribution is 9.10. The summed E-state index contributed by atoms with van der Waals surface area (Å²) in [4.78, 5) is 0. The third-order valence-electron chi connectivity index (χ3n) is 3.79. The van der Waals surface area contributed by atoms with Gasteiger partial charge in [0.25, 0.3) is 0 Å². The number of nitrogens with one attached hydrogen (secondary N) is 1. The zero-order valence-corrected chi connectivity index (χ0v) is 14.2. The molecule has 0 aliphatic rings. The van der Waals surface area contributed by atoms with Crippen LogP contribution in [-0.4, -0.2) is 7.05 Å². The van der Waals surface area contributed by atoms with E-state index in [1.807, 2.05) is 7.05 Å². The number of benzene rings is 2. The van der Waals surface area contributed by atoms with Gasteiger partial charge in [0, 0.05) is 10.5 Å². The van der Waals surface area contributed by atoms with E-state index >= 15 is 0 Å². The van der Waals surface area contributed by atoms with E-state index in [4.69, 9.17) is 0 Å². The molecule has 1 N–H and O–H groups in total. The van der Waals surface area contributed by atoms with Crippen LogP contribution < -0.4 is 5.32 Å². The van der Waals surface area contributed by atoms with Gasteiger partial charge in [-0.1, -0.05) is 54.0 Å². The summed E-state index contributed by atoms with van der Waals surface area (Å²) in [6.45, 7) is 4.38. The molecule has 0 fully saturated rings. The summed E-state index contributed by atoms with van der Waals surface area (Å²) >= 11 is 3.50. The van der Waals surface area contributed by atoms with Gasteiger partial charge in [0.15, 0.2) is 0 Å². The summed E-state index contributed by atoms with van der Waals surface area (Å²) in [5.74, 6) is 0.336. The summed E-state index contributed by atoms with van der Waals surface area (Å²) in [5.41, 5.74) is 3.53. The minimum Gasteiger partial charge on any atom is -0.313 e. The lowest BCUT2D eigenvalue weighted by atomic mass is 9.95. The van der Waals surface area contributed by atoms with Gasteiger partial charge >= 0.3 is 0 Å². The summed E-state index contributed by atoms with van der Waals surface area (Å²) in [7, 11) is 1.94. The molecule has 0 radical (unpaired) electrons. The Morgan fingerprint density at radius 1 is 1.05 bits per heavy atom. The number of hydrogen-bond donors (Lipinski definition) is 1. The highest BCUT2D eigenvalue weighted by Gasteiger charge is 2.13. The third-order valence-corrected chi connectivity index (χ3v) is 4.56. The van der Waals surface area contributed by atoms with E-state index in [0.29, 0.717) is 5.92 Å². The fraction of sp³-hybridized carbons (Fsp3) is 0.333. The monoisotopic (exact) mass is 349 g/mol. The topological polar surface area (TPSA) is 12.0 Å². The van der Waals surface area contributed by atoms with Gasteiger partial charge in [0.2, 0.25) is 0 Å². The maximum Gasteiger partial charge on any atom is 0.123 e. The summed E-state index contributed by atoms with van der Waals surface area (Å²) in [6, 6.07) is 13.7. The molecular weight excluding hydrogens is 329 g/mol. The summed E-state index contributed by atoms with van der Waals surface area (Å²) in [6.07, 6.45) is 0.746. The lowest BCUT2D eigenvalue weighted by molar-refractivity contribution is 0.582. The smallest absolute Gasteiger partial charge is 0.123 e. The minimum atomic E-state index is -0.196. The normalized spacial score (nSPS) is 12.7. The molecule has 0 heterocycles. The molecule has 2 aromatic rings. The molecular formula is C18H21BrFN. The van der Waals surface area contributed by atoms with Crippen molar-refractivity contribution in [3.8, 4) is 0 Å². The van der Waals surface area contributed by atoms with Gasteiger partial charge in [-0.05, 0) is 54.3 Å². The van der Waals surface area contributed by atoms with E-state index in [2.05, 4.69) is 59.4 Å². The maximum absolute atomic E-state index is 13.4. The van der Waals surface area contributed by atoms with Crippen LogP contribution in [0.4, 0.5) is 4.39 Å². The highest BCUT2D eigenvalue weighted by atomic mass is 79.9. The van der Waals surface area contributed by atoms with Crippen molar-refractivity contribution in [1.29, 1.82) is 0 Å². The van der Waals surface area contributed by atoms with Crippen LogP contribution in [0.5, 0.6) is 0 Å². The van der Waals surface area contributed by atoms with Crippen LogP contribution in [0.15, 0.2) is 46.9 Å². The second kappa shape index (κ2) is 7.19. The van der Waals surface area contributed by atoms with Crippen molar-refractivity contribution in [3.63, 3.8) is 0 Å². The van der Waals surface area contributed by atoms with Gasteiger partial charge in [0.05, 0.1) is 0 Å². The van der Waals surface area contributed by atoms with E-state index in [9.17, 15) is 4.39 Å². The number of hydrogen-bond acceptors (Lipinski definition) is 1. The third kappa shape index (κ3) is 4.14. The predicted octanol–water partition coefficient (Wildman–Crippen LogP) is 5.21. The number of halogens is 2. The second-order valence-corrected chi connectivity index (χ2v) is 6.46. The lowest BCUT2D eigenvalue weighted by Crippen LogP contribution is -2.19. The van der Waals surface area contributed by atoms with Crippen molar-refractivity contribution in [2.24, 2.45) is 0 Å². The fourth-order valence-corrected chi connectivity index (χ4v) is 2.83. The van der Waals surface area contributed by atoms with Crippen LogP contribution in [-0.2, 0) is 6.42 Å². The molecule has 0 saturated heterocycles. The first kappa shape index (κ1) is 16.2. The van der Waals surface area contributed by atoms with Gasteiger partial charge < -0.3 is 5.32 Å². The van der Waals surface area contributed by atoms with Crippen molar-refractivity contribution in [1.82, 2.24) is 5.32 Å². The molecule has 0 bridgehead atoms. The SMILES string of the molecule is CNC(Cc1cc(F)ccc1Br)c1ccc(C(C)C)cc1. The first-order valence-corrected chi connectivity index (χ1v) is 8.01. The van der Waals surface area contributed by atoms with Crippen molar-refractivity contribution >= 4 is 15.9 Å². The predicted molar refractivity (Wildman–Crippen MR) is 90.1 cm³/mol. The summed E-state index contributed by atoms with van der Waals surface area (Å²) in [5, 5.41) is 3.32. The second-order valence-electron chi connectivity index (χ2n) is 5.60. The molecule has 0 aromatic heterocycles. The van der Waals surface area contributed by atoms with E-state index in [1.54, 1.807) is 12.1 Å². The zero-order chi connectivity index (χ0) is 15.4. The van der Waals surface area contributed by atoms with E-state index < -0.39 is 0 Å². The Bertz CT molecular complexity index is 593. The molecule has 2 aromatic carbocycles. The molecule has 2 rings (SSSR count). The van der Waals surface area contributed by atoms with Gasteiger partial charge in [-0.2, -0.15) is 0 Å². The molecule has 0 aliphatic carbocycles. The molecule has 21 heavy (non-hydrogen) atoms. The zero-order valence-electron chi connectivity index (χ0n) is 12.7. The molecule has 1 nitrogen and oxygen atoms in total. The standard InChI is InChI=1S/C18H21BrFN/c1-12(2)13-4-6-14(7-5-13)18(21-3)11-15-10-16(20)8-9-17(15)19/h4-10,12,18,21H,11H2,1-3H3. The van der Waals surface area contributed by atoms with Crippen molar-refractivity contribution in [3.05, 3.63) is 69.4 Å². The Morgan fingerprint density at radius 3 is 2.24 bits per heavy atom. The molecule has 3 heteroatoms. The first-order valence-electron chi connectivity index (χ1n) is 7.22. The van der Waals surface area contributed by atoms with Crippen molar-refractivity contribution < 1.29 is 4.39 Å². The maximum atomic E-state index is 13.4. The molecule has 112 valence electrons. The van der Waals surface area contributed by atoms with Crippen LogP contribution in [0, 0.1) is 5.82 Å². The largest absolute Gasteiger partial charge is 0.313 e. The average molecular weight is 350 g/mol. The van der Waals surface area contributed by atoms with Crippen LogP contribution in [0.2, 0.25) is 0 Å². The van der Waals surface area contributed by atoms with Crippen molar-refractivity contribution in [2.45, 2.75) is 32.2 Å². The van der Waals surface area contributed by atoms with E-state index in [-0.39, 0.29) is 11.9 Å². The minimum absolute atomic E-state index is 0.171. The van der Waals surface area contributed by atoms with E-state index in [0.717, 1.165) is 16.5 Å². The lowest BCUT2D eigenvalue weighted by Gasteiger charge is -2.18. The van der Waals surface area contributed by atoms with Gasteiger partial charge in [0.1, 0.15) is 5.82 Å². The highest BCUT2D eigenvalue weighted by Crippen LogP contribution is 2.25. The van der Waals surface area contributed by atoms with Crippen LogP contribution in [0.25, 0.3) is 0 Å². The average Bonchev–Trinajstić information content (AvgIpc) is 2.48. The fourth-order valence-electron chi connectivity index (χ4n) is 2.42. The van der Waals surface area contributed by atoms with Crippen LogP contribution >= 0.6 is 15.9 Å². The van der Waals surface area contributed by atoms with Crippen LogP contribution in [0.1, 0.15) is 42.5 Å². The summed E-state index contributed by atoms with van der Waals surface area (Å²) < 4.78 is 14.4. The number of likely N-dealkylation sites (N-methyl/N-ethyl adjacent to an activating group) is 1.